The number of aromatic nitrogens is 3. The van der Waals surface area contributed by atoms with Gasteiger partial charge >= 0.3 is 6.18 Å². The topological polar surface area (TPSA) is 71.0 Å². The van der Waals surface area contributed by atoms with E-state index in [1.807, 2.05) is 0 Å². The molecule has 6 nitrogen and oxygen atoms in total. The van der Waals surface area contributed by atoms with E-state index in [2.05, 4.69) is 20.3 Å². The molecule has 4 heterocycles. The maximum Gasteiger partial charge on any atom is 0.417 e. The average molecular weight is 492 g/mol. The van der Waals surface area contributed by atoms with Gasteiger partial charge in [-0.1, -0.05) is 23.7 Å². The molecule has 11 heteroatoms. The molecule has 176 valence electrons. The van der Waals surface area contributed by atoms with Gasteiger partial charge in [-0.15, -0.1) is 0 Å². The predicted octanol–water partition coefficient (Wildman–Crippen LogP) is 5.21. The number of hydrogen-bond donors (Lipinski definition) is 1. The van der Waals surface area contributed by atoms with Gasteiger partial charge in [-0.05, 0) is 37.5 Å². The molecule has 2 aliphatic rings. The first-order chi connectivity index (χ1) is 16.2. The van der Waals surface area contributed by atoms with E-state index in [-0.39, 0.29) is 40.4 Å². The Balaban J connectivity index is 1.41. The first-order valence-corrected chi connectivity index (χ1v) is 11.0. The van der Waals surface area contributed by atoms with E-state index in [1.54, 1.807) is 17.0 Å². The molecular weight excluding hydrogens is 474 g/mol. The summed E-state index contributed by atoms with van der Waals surface area (Å²) in [6.45, 7) is 0. The zero-order valence-corrected chi connectivity index (χ0v) is 18.3. The number of anilines is 1. The number of alkyl halides is 3. The van der Waals surface area contributed by atoms with Crippen molar-refractivity contribution in [1.82, 2.24) is 19.9 Å². The summed E-state index contributed by atoms with van der Waals surface area (Å²) in [5, 5.41) is 2.93. The van der Waals surface area contributed by atoms with Crippen LogP contribution < -0.4 is 5.32 Å². The van der Waals surface area contributed by atoms with Gasteiger partial charge < -0.3 is 10.2 Å². The maximum absolute atomic E-state index is 14.9. The monoisotopic (exact) mass is 491 g/mol. The average Bonchev–Trinajstić information content (AvgIpc) is 3.37. The minimum Gasteiger partial charge on any atom is -0.364 e. The van der Waals surface area contributed by atoms with Gasteiger partial charge in [0, 0.05) is 36.2 Å². The Hall–Kier alpha value is -3.27. The highest BCUT2D eigenvalue weighted by molar-refractivity contribution is 6.33. The fourth-order valence-corrected chi connectivity index (χ4v) is 5.05. The van der Waals surface area contributed by atoms with Crippen molar-refractivity contribution in [1.29, 1.82) is 0 Å². The molecule has 0 aliphatic carbocycles. The van der Waals surface area contributed by atoms with E-state index in [9.17, 15) is 22.4 Å². The van der Waals surface area contributed by atoms with Gasteiger partial charge in [-0.3, -0.25) is 4.79 Å². The Bertz CT molecular complexity index is 1240. The van der Waals surface area contributed by atoms with Crippen molar-refractivity contribution in [2.24, 2.45) is 0 Å². The lowest BCUT2D eigenvalue weighted by Crippen LogP contribution is -2.40. The number of nitrogens with zero attached hydrogens (tertiary/aromatic N) is 4. The second-order valence-corrected chi connectivity index (χ2v) is 8.69. The lowest BCUT2D eigenvalue weighted by molar-refractivity contribution is -0.137. The standard InChI is InChI=1S/C23H18ClF4N5O/c24-15-9-12(23(26,27)28)11-31-21(15)32-17-10-13-5-6-18(17)33(13)22(34)19-14(3-1-4-16(19)25)20-29-7-2-8-30-20/h1-4,7-9,11,13,17-18H,5-6,10H2,(H,31,32). The van der Waals surface area contributed by atoms with Crippen LogP contribution in [0.15, 0.2) is 48.9 Å². The van der Waals surface area contributed by atoms with E-state index in [1.165, 1.54) is 24.5 Å². The van der Waals surface area contributed by atoms with Crippen molar-refractivity contribution in [2.75, 3.05) is 5.32 Å². The molecule has 2 bridgehead atoms. The minimum atomic E-state index is -4.55. The van der Waals surface area contributed by atoms with E-state index in [4.69, 9.17) is 11.6 Å². The SMILES string of the molecule is O=C(c1c(F)cccc1-c1ncccn1)N1C2CCC1C(Nc1ncc(C(F)(F)F)cc1Cl)C2. The number of benzene rings is 1. The van der Waals surface area contributed by atoms with Crippen LogP contribution >= 0.6 is 11.6 Å². The third-order valence-electron chi connectivity index (χ3n) is 6.30. The summed E-state index contributed by atoms with van der Waals surface area (Å²) < 4.78 is 53.6. The molecule has 2 aromatic heterocycles. The molecule has 1 N–H and O–H groups in total. The number of halogens is 5. The Kier molecular flexibility index (Phi) is 5.63. The zero-order chi connectivity index (χ0) is 24.0. The van der Waals surface area contributed by atoms with Crippen LogP contribution in [0.25, 0.3) is 11.4 Å². The van der Waals surface area contributed by atoms with Crippen molar-refractivity contribution in [3.05, 3.63) is 70.9 Å². The molecule has 3 unspecified atom stereocenters. The van der Waals surface area contributed by atoms with Crippen molar-refractivity contribution in [3.8, 4) is 11.4 Å². The van der Waals surface area contributed by atoms with E-state index in [0.29, 0.717) is 18.4 Å². The Morgan fingerprint density at radius 1 is 1.12 bits per heavy atom. The number of fused-ring (bicyclic) bond motifs is 2. The summed E-state index contributed by atoms with van der Waals surface area (Å²) >= 11 is 6.05. The smallest absolute Gasteiger partial charge is 0.364 e. The number of rotatable bonds is 4. The molecule has 3 aromatic rings. The lowest BCUT2D eigenvalue weighted by atomic mass is 9.95. The number of carbonyl (C=O) groups is 1. The van der Waals surface area contributed by atoms with Crippen LogP contribution in [0.1, 0.15) is 35.2 Å². The molecule has 34 heavy (non-hydrogen) atoms. The highest BCUT2D eigenvalue weighted by Crippen LogP contribution is 2.42. The first kappa shape index (κ1) is 22.5. The Morgan fingerprint density at radius 3 is 2.59 bits per heavy atom. The second-order valence-electron chi connectivity index (χ2n) is 8.28. The van der Waals surface area contributed by atoms with Crippen molar-refractivity contribution < 1.29 is 22.4 Å². The number of nitrogens with one attached hydrogen (secondary N) is 1. The number of amides is 1. The zero-order valence-electron chi connectivity index (χ0n) is 17.6. The van der Waals surface area contributed by atoms with Gasteiger partial charge in [0.05, 0.1) is 22.2 Å². The van der Waals surface area contributed by atoms with Crippen LogP contribution in [-0.4, -0.2) is 43.9 Å². The fraction of sp³-hybridized carbons (Fsp3) is 0.304. The quantitative estimate of drug-likeness (QED) is 0.507. The third-order valence-corrected chi connectivity index (χ3v) is 6.58. The van der Waals surface area contributed by atoms with E-state index in [0.717, 1.165) is 18.7 Å². The fourth-order valence-electron chi connectivity index (χ4n) is 4.83. The number of hydrogen-bond acceptors (Lipinski definition) is 5. The van der Waals surface area contributed by atoms with Crippen LogP contribution in [0.3, 0.4) is 0 Å². The Morgan fingerprint density at radius 2 is 1.88 bits per heavy atom. The van der Waals surface area contributed by atoms with Gasteiger partial charge in [0.1, 0.15) is 11.6 Å². The normalized spacial score (nSPS) is 21.7. The van der Waals surface area contributed by atoms with Gasteiger partial charge in [0.15, 0.2) is 5.82 Å². The van der Waals surface area contributed by atoms with Crippen LogP contribution in [0.2, 0.25) is 5.02 Å². The summed E-state index contributed by atoms with van der Waals surface area (Å²) in [7, 11) is 0. The third kappa shape index (κ3) is 3.96. The molecule has 2 aliphatic heterocycles. The van der Waals surface area contributed by atoms with Gasteiger partial charge in [0.2, 0.25) is 0 Å². The maximum atomic E-state index is 14.9. The number of pyridine rings is 1. The van der Waals surface area contributed by atoms with Crippen molar-refractivity contribution in [2.45, 2.75) is 43.6 Å². The largest absolute Gasteiger partial charge is 0.417 e. The summed E-state index contributed by atoms with van der Waals surface area (Å²) in [6, 6.07) is 6.05. The van der Waals surface area contributed by atoms with E-state index >= 15 is 0 Å². The first-order valence-electron chi connectivity index (χ1n) is 10.6. The minimum absolute atomic E-state index is 0.100. The van der Waals surface area contributed by atoms with Gasteiger partial charge in [0.25, 0.3) is 5.91 Å². The van der Waals surface area contributed by atoms with Crippen LogP contribution in [0.5, 0.6) is 0 Å². The molecular formula is C23H18ClF4N5O. The Labute approximate surface area is 197 Å². The predicted molar refractivity (Wildman–Crippen MR) is 117 cm³/mol. The molecule has 3 atom stereocenters. The van der Waals surface area contributed by atoms with Gasteiger partial charge in [-0.2, -0.15) is 13.2 Å². The summed E-state index contributed by atoms with van der Waals surface area (Å²) in [5.74, 6) is -0.779. The lowest BCUT2D eigenvalue weighted by Gasteiger charge is -2.26. The molecule has 0 radical (unpaired) electrons. The van der Waals surface area contributed by atoms with Crippen LogP contribution in [0, 0.1) is 5.82 Å². The molecule has 5 rings (SSSR count). The molecule has 0 saturated carbocycles. The molecule has 2 saturated heterocycles. The highest BCUT2D eigenvalue weighted by atomic mass is 35.5. The molecule has 2 fully saturated rings. The van der Waals surface area contributed by atoms with Crippen LogP contribution in [0.4, 0.5) is 23.4 Å². The second kappa shape index (κ2) is 8.50. The highest BCUT2D eigenvalue weighted by Gasteiger charge is 2.49. The van der Waals surface area contributed by atoms with Crippen LogP contribution in [-0.2, 0) is 6.18 Å². The van der Waals surface area contributed by atoms with Crippen molar-refractivity contribution in [3.63, 3.8) is 0 Å². The van der Waals surface area contributed by atoms with Gasteiger partial charge in [-0.25, -0.2) is 19.3 Å². The molecule has 1 aromatic carbocycles. The summed E-state index contributed by atoms with van der Waals surface area (Å²) in [4.78, 5) is 27.4. The van der Waals surface area contributed by atoms with Crippen molar-refractivity contribution >= 4 is 23.3 Å². The van der Waals surface area contributed by atoms with E-state index < -0.39 is 23.5 Å². The molecule has 1 amide bonds. The summed E-state index contributed by atoms with van der Waals surface area (Å²) in [6.07, 6.45) is 1.15. The number of carbonyl (C=O) groups excluding carboxylic acids is 1. The summed E-state index contributed by atoms with van der Waals surface area (Å²) in [5.41, 5.74) is -0.742. The molecule has 0 spiro atoms.